The van der Waals surface area contributed by atoms with Gasteiger partial charge >= 0.3 is 0 Å². The Labute approximate surface area is 123 Å². The van der Waals surface area contributed by atoms with Crippen molar-refractivity contribution in [1.29, 1.82) is 0 Å². The minimum absolute atomic E-state index is 0.365. The molecule has 20 heavy (non-hydrogen) atoms. The smallest absolute Gasteiger partial charge is 0.219 e. The maximum Gasteiger partial charge on any atom is 0.219 e. The summed E-state index contributed by atoms with van der Waals surface area (Å²) in [6.07, 6.45) is 2.76. The Morgan fingerprint density at radius 2 is 1.90 bits per heavy atom. The zero-order valence-corrected chi connectivity index (χ0v) is 13.7. The predicted octanol–water partition coefficient (Wildman–Crippen LogP) is 3.31. The minimum atomic E-state index is 0.365. The molecule has 2 atom stereocenters. The van der Waals surface area contributed by atoms with Gasteiger partial charge in [0, 0.05) is 17.5 Å². The van der Waals surface area contributed by atoms with E-state index in [2.05, 4.69) is 49.9 Å². The number of hydrogen-bond acceptors (Lipinski definition) is 4. The molecule has 0 saturated carbocycles. The van der Waals surface area contributed by atoms with Gasteiger partial charge in [0.05, 0.1) is 12.3 Å². The number of nitrogens with zero attached hydrogens (tertiary/aromatic N) is 2. The van der Waals surface area contributed by atoms with E-state index < -0.39 is 0 Å². The van der Waals surface area contributed by atoms with Crippen LogP contribution in [0.5, 0.6) is 5.88 Å². The first-order chi connectivity index (χ1) is 9.52. The molecule has 0 aromatic carbocycles. The summed E-state index contributed by atoms with van der Waals surface area (Å²) < 4.78 is 5.60. The summed E-state index contributed by atoms with van der Waals surface area (Å²) >= 11 is 0. The molecule has 0 aliphatic heterocycles. The molecule has 0 bridgehead atoms. The van der Waals surface area contributed by atoms with E-state index >= 15 is 0 Å². The molecule has 1 rings (SSSR count). The van der Waals surface area contributed by atoms with Crippen LogP contribution in [0.15, 0.2) is 6.33 Å². The third-order valence-corrected chi connectivity index (χ3v) is 3.65. The van der Waals surface area contributed by atoms with E-state index in [0.29, 0.717) is 30.4 Å². The Morgan fingerprint density at radius 1 is 1.20 bits per heavy atom. The van der Waals surface area contributed by atoms with Crippen LogP contribution >= 0.6 is 0 Å². The van der Waals surface area contributed by atoms with E-state index in [1.165, 1.54) is 0 Å². The van der Waals surface area contributed by atoms with E-state index in [9.17, 15) is 0 Å². The zero-order valence-electron chi connectivity index (χ0n) is 13.7. The molecule has 1 N–H and O–H groups in total. The first kappa shape index (κ1) is 16.9. The normalized spacial score (nSPS) is 14.3. The highest BCUT2D eigenvalue weighted by Gasteiger charge is 2.26. The van der Waals surface area contributed by atoms with E-state index in [0.717, 1.165) is 24.2 Å². The number of rotatable bonds is 8. The summed E-state index contributed by atoms with van der Waals surface area (Å²) in [6, 6.07) is 0.387. The SMILES string of the molecule is CCCNC(C)C(c1ncnc(OCC)c1C)C(C)C. The van der Waals surface area contributed by atoms with Gasteiger partial charge in [0.25, 0.3) is 0 Å². The second kappa shape index (κ2) is 8.20. The van der Waals surface area contributed by atoms with Crippen molar-refractivity contribution in [2.75, 3.05) is 13.2 Å². The van der Waals surface area contributed by atoms with Crippen molar-refractivity contribution >= 4 is 0 Å². The fourth-order valence-electron chi connectivity index (χ4n) is 2.69. The first-order valence-corrected chi connectivity index (χ1v) is 7.70. The van der Waals surface area contributed by atoms with Crippen molar-refractivity contribution in [2.24, 2.45) is 5.92 Å². The Bertz CT molecular complexity index is 407. The highest BCUT2D eigenvalue weighted by molar-refractivity contribution is 5.31. The monoisotopic (exact) mass is 279 g/mol. The maximum absolute atomic E-state index is 5.60. The van der Waals surface area contributed by atoms with Crippen molar-refractivity contribution in [3.8, 4) is 5.88 Å². The van der Waals surface area contributed by atoms with Crippen molar-refractivity contribution in [1.82, 2.24) is 15.3 Å². The molecule has 0 aliphatic rings. The van der Waals surface area contributed by atoms with Gasteiger partial charge in [-0.3, -0.25) is 0 Å². The third kappa shape index (κ3) is 4.17. The van der Waals surface area contributed by atoms with E-state index in [-0.39, 0.29) is 0 Å². The molecule has 0 aliphatic carbocycles. The molecule has 0 amide bonds. The van der Waals surface area contributed by atoms with Gasteiger partial charge in [0.2, 0.25) is 5.88 Å². The van der Waals surface area contributed by atoms with Gasteiger partial charge in [-0.05, 0) is 39.7 Å². The largest absolute Gasteiger partial charge is 0.478 e. The minimum Gasteiger partial charge on any atom is -0.478 e. The van der Waals surface area contributed by atoms with Crippen LogP contribution in [0.2, 0.25) is 0 Å². The molecule has 0 saturated heterocycles. The fourth-order valence-corrected chi connectivity index (χ4v) is 2.69. The number of hydrogen-bond donors (Lipinski definition) is 1. The topological polar surface area (TPSA) is 47.0 Å². The Hall–Kier alpha value is -1.16. The van der Waals surface area contributed by atoms with Gasteiger partial charge in [0.15, 0.2) is 0 Å². The van der Waals surface area contributed by atoms with Gasteiger partial charge < -0.3 is 10.1 Å². The van der Waals surface area contributed by atoms with Crippen LogP contribution in [-0.2, 0) is 0 Å². The summed E-state index contributed by atoms with van der Waals surface area (Å²) in [5.41, 5.74) is 2.17. The lowest BCUT2D eigenvalue weighted by atomic mass is 9.84. The Kier molecular flexibility index (Phi) is 6.93. The second-order valence-electron chi connectivity index (χ2n) is 5.63. The van der Waals surface area contributed by atoms with Gasteiger partial charge in [-0.25, -0.2) is 9.97 Å². The molecular formula is C16H29N3O. The van der Waals surface area contributed by atoms with Crippen molar-refractivity contribution in [3.63, 3.8) is 0 Å². The molecule has 1 aromatic heterocycles. The molecule has 0 spiro atoms. The van der Waals surface area contributed by atoms with Crippen LogP contribution in [0.1, 0.15) is 58.2 Å². The average Bonchev–Trinajstić information content (AvgIpc) is 2.40. The number of ether oxygens (including phenoxy) is 1. The van der Waals surface area contributed by atoms with E-state index in [1.54, 1.807) is 6.33 Å². The van der Waals surface area contributed by atoms with E-state index in [1.807, 2.05) is 6.92 Å². The first-order valence-electron chi connectivity index (χ1n) is 7.70. The highest BCUT2D eigenvalue weighted by Crippen LogP contribution is 2.31. The lowest BCUT2D eigenvalue weighted by molar-refractivity contribution is 0.318. The Balaban J connectivity index is 3.05. The molecule has 2 unspecified atom stereocenters. The van der Waals surface area contributed by atoms with Crippen LogP contribution in [0, 0.1) is 12.8 Å². The number of nitrogens with one attached hydrogen (secondary N) is 1. The molecule has 4 heteroatoms. The maximum atomic E-state index is 5.60. The highest BCUT2D eigenvalue weighted by atomic mass is 16.5. The zero-order chi connectivity index (χ0) is 15.1. The van der Waals surface area contributed by atoms with Gasteiger partial charge in [-0.15, -0.1) is 0 Å². The van der Waals surface area contributed by atoms with Crippen LogP contribution in [0.3, 0.4) is 0 Å². The summed E-state index contributed by atoms with van der Waals surface area (Å²) in [7, 11) is 0. The average molecular weight is 279 g/mol. The predicted molar refractivity (Wildman–Crippen MR) is 83.3 cm³/mol. The Morgan fingerprint density at radius 3 is 2.45 bits per heavy atom. The molecule has 0 radical (unpaired) electrons. The van der Waals surface area contributed by atoms with Crippen LogP contribution in [0.4, 0.5) is 0 Å². The van der Waals surface area contributed by atoms with Crippen molar-refractivity contribution in [3.05, 3.63) is 17.6 Å². The number of aromatic nitrogens is 2. The second-order valence-corrected chi connectivity index (χ2v) is 5.63. The summed E-state index contributed by atoms with van der Waals surface area (Å²) in [4.78, 5) is 8.78. The van der Waals surface area contributed by atoms with Crippen molar-refractivity contribution < 1.29 is 4.74 Å². The molecule has 1 heterocycles. The van der Waals surface area contributed by atoms with Gasteiger partial charge in [0.1, 0.15) is 6.33 Å². The van der Waals surface area contributed by atoms with Crippen LogP contribution in [-0.4, -0.2) is 29.2 Å². The lowest BCUT2D eigenvalue weighted by Crippen LogP contribution is -2.36. The van der Waals surface area contributed by atoms with Crippen LogP contribution in [0.25, 0.3) is 0 Å². The molecular weight excluding hydrogens is 250 g/mol. The summed E-state index contributed by atoms with van der Waals surface area (Å²) in [6.45, 7) is 14.6. The quantitative estimate of drug-likeness (QED) is 0.793. The lowest BCUT2D eigenvalue weighted by Gasteiger charge is -2.29. The molecule has 0 fully saturated rings. The third-order valence-electron chi connectivity index (χ3n) is 3.65. The fraction of sp³-hybridized carbons (Fsp3) is 0.750. The summed E-state index contributed by atoms with van der Waals surface area (Å²) in [5.74, 6) is 1.59. The standard InChI is InChI=1S/C16H29N3O/c1-7-9-17-13(6)14(11(3)4)15-12(5)16(20-8-2)19-10-18-15/h10-11,13-14,17H,7-9H2,1-6H3. The summed E-state index contributed by atoms with van der Waals surface area (Å²) in [5, 5.41) is 3.59. The van der Waals surface area contributed by atoms with Crippen LogP contribution < -0.4 is 10.1 Å². The molecule has 114 valence electrons. The van der Waals surface area contributed by atoms with Crippen molar-refractivity contribution in [2.45, 2.75) is 59.9 Å². The molecule has 1 aromatic rings. The van der Waals surface area contributed by atoms with E-state index in [4.69, 9.17) is 4.74 Å². The van der Waals surface area contributed by atoms with Gasteiger partial charge in [-0.1, -0.05) is 20.8 Å². The van der Waals surface area contributed by atoms with Gasteiger partial charge in [-0.2, -0.15) is 0 Å². The molecule has 4 nitrogen and oxygen atoms in total.